The molecule has 4 rings (SSSR count). The van der Waals surface area contributed by atoms with Gasteiger partial charge in [0.1, 0.15) is 17.2 Å². The number of hydrogen-bond donors (Lipinski definition) is 1. The molecule has 3 atom stereocenters. The van der Waals surface area contributed by atoms with E-state index in [4.69, 9.17) is 20.6 Å². The molecule has 2 N–H and O–H groups in total. The summed E-state index contributed by atoms with van der Waals surface area (Å²) >= 11 is 0. The van der Waals surface area contributed by atoms with E-state index in [9.17, 15) is 0 Å². The van der Waals surface area contributed by atoms with E-state index in [-0.39, 0.29) is 30.5 Å². The third-order valence-electron chi connectivity index (χ3n) is 5.21. The van der Waals surface area contributed by atoms with Crippen molar-refractivity contribution >= 4 is 12.4 Å². The van der Waals surface area contributed by atoms with Gasteiger partial charge in [-0.3, -0.25) is 9.67 Å². The van der Waals surface area contributed by atoms with Crippen molar-refractivity contribution in [3.63, 3.8) is 0 Å². The Morgan fingerprint density at radius 2 is 2.14 bits per heavy atom. The number of aryl methyl sites for hydroxylation is 1. The quantitative estimate of drug-likeness (QED) is 0.662. The van der Waals surface area contributed by atoms with Gasteiger partial charge in [0.2, 0.25) is 0 Å². The van der Waals surface area contributed by atoms with E-state index >= 15 is 0 Å². The van der Waals surface area contributed by atoms with Crippen LogP contribution >= 0.6 is 12.4 Å². The molecule has 0 spiro atoms. The highest BCUT2D eigenvalue weighted by molar-refractivity contribution is 5.85. The molecule has 0 amide bonds. The van der Waals surface area contributed by atoms with Crippen molar-refractivity contribution in [2.45, 2.75) is 50.7 Å². The fraction of sp³-hybridized carbons (Fsp3) is 0.500. The van der Waals surface area contributed by atoms with Crippen molar-refractivity contribution in [2.24, 2.45) is 12.8 Å². The Morgan fingerprint density at radius 3 is 2.83 bits per heavy atom. The minimum absolute atomic E-state index is 0. The normalized spacial score (nSPS) is 21.7. The molecule has 0 aromatic carbocycles. The molecule has 9 heteroatoms. The number of nitrogens with two attached hydrogens (primary N) is 1. The number of hydrogen-bond acceptors (Lipinski definition) is 6. The molecule has 3 aromatic heterocycles. The highest BCUT2D eigenvalue weighted by Gasteiger charge is 2.33. The zero-order chi connectivity index (χ0) is 19.5. The zero-order valence-electron chi connectivity index (χ0n) is 16.8. The number of nitrogens with zero attached hydrogens (tertiary/aromatic N) is 6. The molecule has 8 nitrogen and oxygen atoms in total. The van der Waals surface area contributed by atoms with Crippen LogP contribution in [0.4, 0.5) is 0 Å². The maximum atomic E-state index is 6.32. The summed E-state index contributed by atoms with van der Waals surface area (Å²) in [6.07, 6.45) is 9.28. The van der Waals surface area contributed by atoms with E-state index < -0.39 is 0 Å². The molecular formula is C20H28ClN7O. The van der Waals surface area contributed by atoms with Gasteiger partial charge in [-0.15, -0.1) is 17.5 Å². The van der Waals surface area contributed by atoms with E-state index in [2.05, 4.69) is 17.0 Å². The minimum Gasteiger partial charge on any atom is -0.377 e. The number of aromatic nitrogens is 6. The van der Waals surface area contributed by atoms with Crippen LogP contribution in [0.5, 0.6) is 0 Å². The first-order chi connectivity index (χ1) is 13.7. The molecule has 0 radical (unpaired) electrons. The number of pyridine rings is 1. The van der Waals surface area contributed by atoms with E-state index in [0.29, 0.717) is 5.82 Å². The zero-order valence-corrected chi connectivity index (χ0v) is 17.6. The Bertz CT molecular complexity index is 911. The van der Waals surface area contributed by atoms with E-state index in [0.717, 1.165) is 49.5 Å². The molecule has 3 heterocycles. The summed E-state index contributed by atoms with van der Waals surface area (Å²) in [6.45, 7) is 2.85. The van der Waals surface area contributed by atoms with Crippen LogP contribution in [-0.4, -0.2) is 48.3 Å². The Morgan fingerprint density at radius 1 is 1.28 bits per heavy atom. The lowest BCUT2D eigenvalue weighted by Gasteiger charge is -2.33. The van der Waals surface area contributed by atoms with Gasteiger partial charge in [-0.2, -0.15) is 5.10 Å². The third-order valence-corrected chi connectivity index (χ3v) is 5.21. The van der Waals surface area contributed by atoms with Crippen molar-refractivity contribution in [2.75, 3.05) is 6.61 Å². The highest BCUT2D eigenvalue weighted by atomic mass is 35.5. The number of rotatable bonds is 6. The van der Waals surface area contributed by atoms with Gasteiger partial charge >= 0.3 is 0 Å². The predicted molar refractivity (Wildman–Crippen MR) is 113 cm³/mol. The summed E-state index contributed by atoms with van der Waals surface area (Å²) in [6, 6.07) is 5.84. The van der Waals surface area contributed by atoms with E-state index in [1.54, 1.807) is 17.1 Å². The summed E-state index contributed by atoms with van der Waals surface area (Å²) in [7, 11) is 1.90. The number of ether oxygens (including phenoxy) is 1. The van der Waals surface area contributed by atoms with Gasteiger partial charge in [-0.25, -0.2) is 9.67 Å². The van der Waals surface area contributed by atoms with Crippen LogP contribution in [0.15, 0.2) is 36.8 Å². The lowest BCUT2D eigenvalue weighted by atomic mass is 9.83. The molecule has 1 aliphatic rings. The first kappa shape index (κ1) is 21.4. The Balaban J connectivity index is 0.00000240. The lowest BCUT2D eigenvalue weighted by Crippen LogP contribution is -2.42. The van der Waals surface area contributed by atoms with Crippen molar-refractivity contribution in [3.05, 3.63) is 42.6 Å². The molecule has 0 saturated heterocycles. The van der Waals surface area contributed by atoms with Gasteiger partial charge in [0, 0.05) is 31.8 Å². The maximum Gasteiger partial charge on any atom is 0.200 e. The summed E-state index contributed by atoms with van der Waals surface area (Å²) in [5, 5.41) is 9.06. The van der Waals surface area contributed by atoms with Gasteiger partial charge < -0.3 is 10.5 Å². The molecule has 0 aliphatic heterocycles. The topological polar surface area (TPSA) is 96.7 Å². The fourth-order valence-corrected chi connectivity index (χ4v) is 3.75. The van der Waals surface area contributed by atoms with E-state index in [1.807, 2.05) is 36.1 Å². The smallest absolute Gasteiger partial charge is 0.200 e. The van der Waals surface area contributed by atoms with Crippen molar-refractivity contribution in [1.29, 1.82) is 0 Å². The monoisotopic (exact) mass is 417 g/mol. The highest BCUT2D eigenvalue weighted by Crippen LogP contribution is 2.34. The van der Waals surface area contributed by atoms with Gasteiger partial charge in [0.15, 0.2) is 5.82 Å². The predicted octanol–water partition coefficient (Wildman–Crippen LogP) is 2.87. The fourth-order valence-electron chi connectivity index (χ4n) is 3.75. The molecule has 1 saturated carbocycles. The number of halogens is 1. The summed E-state index contributed by atoms with van der Waals surface area (Å²) in [4.78, 5) is 9.30. The second-order valence-corrected chi connectivity index (χ2v) is 7.38. The SMILES string of the molecule is CCCO[C@H]1C[C@@H](c2nc(-c3ccccn3)nn2-c2cnn(C)c2)CC[C@@H]1N.Cl. The molecule has 3 aromatic rings. The van der Waals surface area contributed by atoms with Gasteiger partial charge in [0.05, 0.1) is 18.5 Å². The molecule has 29 heavy (non-hydrogen) atoms. The van der Waals surface area contributed by atoms with Gasteiger partial charge in [-0.05, 0) is 37.8 Å². The van der Waals surface area contributed by atoms with Crippen LogP contribution in [0.25, 0.3) is 17.2 Å². The Kier molecular flexibility index (Phi) is 7.00. The molecule has 1 aliphatic carbocycles. The molecular weight excluding hydrogens is 390 g/mol. The molecule has 0 unspecified atom stereocenters. The average Bonchev–Trinajstić information content (AvgIpc) is 3.34. The van der Waals surface area contributed by atoms with Crippen LogP contribution in [0, 0.1) is 0 Å². The first-order valence-electron chi connectivity index (χ1n) is 9.90. The van der Waals surface area contributed by atoms with Crippen molar-refractivity contribution < 1.29 is 4.74 Å². The largest absolute Gasteiger partial charge is 0.377 e. The maximum absolute atomic E-state index is 6.32. The first-order valence-corrected chi connectivity index (χ1v) is 9.90. The summed E-state index contributed by atoms with van der Waals surface area (Å²) in [5.41, 5.74) is 7.98. The van der Waals surface area contributed by atoms with Crippen LogP contribution < -0.4 is 5.73 Å². The van der Waals surface area contributed by atoms with Crippen molar-refractivity contribution in [1.82, 2.24) is 29.5 Å². The summed E-state index contributed by atoms with van der Waals surface area (Å²) in [5.74, 6) is 1.78. The summed E-state index contributed by atoms with van der Waals surface area (Å²) < 4.78 is 9.69. The molecule has 1 fully saturated rings. The minimum atomic E-state index is 0. The van der Waals surface area contributed by atoms with Crippen molar-refractivity contribution in [3.8, 4) is 17.2 Å². The van der Waals surface area contributed by atoms with Crippen LogP contribution in [-0.2, 0) is 11.8 Å². The van der Waals surface area contributed by atoms with Crippen LogP contribution in [0.2, 0.25) is 0 Å². The average molecular weight is 418 g/mol. The third kappa shape index (κ3) is 4.66. The van der Waals surface area contributed by atoms with Gasteiger partial charge in [-0.1, -0.05) is 13.0 Å². The Labute approximate surface area is 176 Å². The second-order valence-electron chi connectivity index (χ2n) is 7.38. The molecule has 156 valence electrons. The lowest BCUT2D eigenvalue weighted by molar-refractivity contribution is 0.00884. The van der Waals surface area contributed by atoms with Gasteiger partial charge in [0.25, 0.3) is 0 Å². The van der Waals surface area contributed by atoms with E-state index in [1.165, 1.54) is 0 Å². The molecule has 0 bridgehead atoms. The van der Waals surface area contributed by atoms with Crippen LogP contribution in [0.3, 0.4) is 0 Å². The standard InChI is InChI=1S/C20H27N7O.ClH/c1-3-10-28-18-11-14(7-8-16(18)21)20-24-19(17-6-4-5-9-22-17)25-27(20)15-12-23-26(2)13-15;/h4-6,9,12-14,16,18H,3,7-8,10-11,21H2,1-2H3;1H/t14-,16-,18-;/m0./s1. The second kappa shape index (κ2) is 9.47. The Hall–Kier alpha value is -2.29. The van der Waals surface area contributed by atoms with Crippen LogP contribution in [0.1, 0.15) is 44.3 Å².